The highest BCUT2D eigenvalue weighted by Crippen LogP contribution is 2.44. The molecule has 0 atom stereocenters. The maximum absolute atomic E-state index is 12.6. The molecule has 0 bridgehead atoms. The highest BCUT2D eigenvalue weighted by atomic mass is 32.2. The minimum Gasteiger partial charge on any atom is -0.505 e. The summed E-state index contributed by atoms with van der Waals surface area (Å²) >= 11 is 0. The summed E-state index contributed by atoms with van der Waals surface area (Å²) in [5, 5.41) is 30.6. The Hall–Kier alpha value is -6.07. The number of azo groups is 2. The van der Waals surface area contributed by atoms with Crippen molar-refractivity contribution in [2.45, 2.75) is 32.4 Å². The van der Waals surface area contributed by atoms with Gasteiger partial charge in [-0.15, -0.1) is 5.11 Å². The Morgan fingerprint density at radius 1 is 0.500 bits per heavy atom. The number of benzene rings is 6. The van der Waals surface area contributed by atoms with E-state index < -0.39 is 92.9 Å². The maximum atomic E-state index is 12.6. The van der Waals surface area contributed by atoms with Gasteiger partial charge in [0.05, 0.1) is 31.8 Å². The second-order valence-corrected chi connectivity index (χ2v) is 20.5. The molecule has 6 aromatic carbocycles. The third-order valence-electron chi connectivity index (χ3n) is 9.33. The molecule has 1 aliphatic rings. The zero-order chi connectivity index (χ0) is 45.2. The van der Waals surface area contributed by atoms with Crippen LogP contribution in [0.2, 0.25) is 0 Å². The standard InChI is InChI=1S/C36H27N5O16S5/c42-36-29-16-22(37-21-2-1-3-24(15-21)58(43,44)45)5-4-19(29)14-34(62(55,56)57)35(36)41-40-32-11-10-31(28-9-7-25(17-30(28)32)59(46,47)48)39-38-23-6-8-27-20(12-23)13-26(60(49,50)51)18-33(27)61(52,53)54/h1-8,10-16,18,37,42H,9,17H2,(H,43,44,45)(H,46,47,48)(H,49,50,51)(H,52,53,54)(H,55,56,57). The van der Waals surface area contributed by atoms with Crippen molar-refractivity contribution in [3.63, 3.8) is 0 Å². The number of aromatic hydroxyl groups is 1. The normalized spacial score (nSPS) is 14.1. The smallest absolute Gasteiger partial charge is 0.296 e. The van der Waals surface area contributed by atoms with E-state index in [2.05, 4.69) is 25.8 Å². The van der Waals surface area contributed by atoms with Gasteiger partial charge < -0.3 is 10.4 Å². The predicted octanol–water partition coefficient (Wildman–Crippen LogP) is 7.13. The molecule has 0 saturated heterocycles. The Kier molecular flexibility index (Phi) is 11.1. The van der Waals surface area contributed by atoms with Gasteiger partial charge in [0.2, 0.25) is 0 Å². The molecule has 26 heteroatoms. The van der Waals surface area contributed by atoms with E-state index >= 15 is 0 Å². The first-order valence-electron chi connectivity index (χ1n) is 17.1. The van der Waals surface area contributed by atoms with Gasteiger partial charge in [-0.05, 0) is 101 Å². The molecular weight excluding hydrogens is 919 g/mol. The van der Waals surface area contributed by atoms with Crippen LogP contribution in [0, 0.1) is 0 Å². The molecule has 0 aromatic heterocycles. The molecule has 6 aromatic rings. The van der Waals surface area contributed by atoms with Crippen molar-refractivity contribution in [2.75, 3.05) is 5.32 Å². The zero-order valence-electron chi connectivity index (χ0n) is 30.7. The van der Waals surface area contributed by atoms with E-state index in [-0.39, 0.29) is 67.5 Å². The fourth-order valence-corrected chi connectivity index (χ4v) is 9.65. The molecule has 0 spiro atoms. The fourth-order valence-electron chi connectivity index (χ4n) is 6.49. The average molecular weight is 946 g/mol. The second kappa shape index (κ2) is 15.7. The van der Waals surface area contributed by atoms with Gasteiger partial charge in [-0.2, -0.15) is 57.4 Å². The van der Waals surface area contributed by atoms with Gasteiger partial charge in [0, 0.05) is 28.6 Å². The van der Waals surface area contributed by atoms with Crippen molar-refractivity contribution in [3.8, 4) is 5.75 Å². The Morgan fingerprint density at radius 2 is 1.15 bits per heavy atom. The lowest BCUT2D eigenvalue weighted by atomic mass is 9.93. The molecule has 62 heavy (non-hydrogen) atoms. The molecule has 1 aliphatic carbocycles. The van der Waals surface area contributed by atoms with Crippen LogP contribution in [-0.2, 0) is 63.4 Å². The Morgan fingerprint density at radius 3 is 1.79 bits per heavy atom. The number of phenolic OH excluding ortho intramolecular Hbond substituents is 1. The summed E-state index contributed by atoms with van der Waals surface area (Å²) in [7, 11) is -24.3. The number of anilines is 2. The molecule has 322 valence electrons. The Bertz CT molecular complexity index is 3600. The van der Waals surface area contributed by atoms with E-state index in [1.54, 1.807) is 0 Å². The van der Waals surface area contributed by atoms with Crippen molar-refractivity contribution in [1.82, 2.24) is 0 Å². The summed E-state index contributed by atoms with van der Waals surface area (Å²) in [6.45, 7) is 0. The fraction of sp³-hybridized carbons (Fsp3) is 0.0556. The van der Waals surface area contributed by atoms with Gasteiger partial charge in [-0.3, -0.25) is 22.8 Å². The van der Waals surface area contributed by atoms with E-state index in [0.717, 1.165) is 24.3 Å². The maximum Gasteiger partial charge on any atom is 0.296 e. The number of hydrogen-bond donors (Lipinski definition) is 7. The van der Waals surface area contributed by atoms with Gasteiger partial charge in [0.15, 0.2) is 5.75 Å². The van der Waals surface area contributed by atoms with E-state index in [0.29, 0.717) is 6.07 Å². The first-order valence-corrected chi connectivity index (χ1v) is 24.3. The number of hydrogen-bond acceptors (Lipinski definition) is 16. The SMILES string of the molecule is O=S(=O)(O)C1=CCc2c(N=Nc3ccc4c(S(=O)(=O)O)cc(S(=O)(=O)O)cc4c3)ccc(N=Nc3c(S(=O)(=O)O)cc4ccc(Nc5cccc(S(=O)(=O)O)c5)cc4c3O)c2C1. The molecule has 0 heterocycles. The summed E-state index contributed by atoms with van der Waals surface area (Å²) in [5.41, 5.74) is 0.113. The minimum absolute atomic E-state index is 0.0169. The van der Waals surface area contributed by atoms with E-state index in [9.17, 15) is 70.0 Å². The molecule has 0 aliphatic heterocycles. The molecule has 0 fully saturated rings. The van der Waals surface area contributed by atoms with Crippen LogP contribution < -0.4 is 5.32 Å². The molecule has 21 nitrogen and oxygen atoms in total. The van der Waals surface area contributed by atoms with Crippen LogP contribution in [0.3, 0.4) is 0 Å². The van der Waals surface area contributed by atoms with Crippen LogP contribution in [0.4, 0.5) is 34.1 Å². The van der Waals surface area contributed by atoms with E-state index in [1.165, 1.54) is 66.7 Å². The summed E-state index contributed by atoms with van der Waals surface area (Å²) in [4.78, 5) is -3.36. The van der Waals surface area contributed by atoms with Crippen LogP contribution in [-0.4, -0.2) is 70.0 Å². The largest absolute Gasteiger partial charge is 0.505 e. The summed E-state index contributed by atoms with van der Waals surface area (Å²) in [5.74, 6) is -0.783. The van der Waals surface area contributed by atoms with Crippen molar-refractivity contribution in [3.05, 3.63) is 113 Å². The summed E-state index contributed by atoms with van der Waals surface area (Å²) in [6, 6.07) is 18.1. The van der Waals surface area contributed by atoms with Crippen molar-refractivity contribution >= 4 is 106 Å². The topological polar surface area (TPSA) is 354 Å². The molecule has 0 unspecified atom stereocenters. The lowest BCUT2D eigenvalue weighted by molar-refractivity contribution is 0.472. The van der Waals surface area contributed by atoms with Crippen molar-refractivity contribution in [2.24, 2.45) is 20.5 Å². The molecule has 7 rings (SSSR count). The molecule has 7 N–H and O–H groups in total. The van der Waals surface area contributed by atoms with Crippen LogP contribution in [0.15, 0.2) is 142 Å². The lowest BCUT2D eigenvalue weighted by Gasteiger charge is -2.18. The van der Waals surface area contributed by atoms with Crippen molar-refractivity contribution < 1.29 is 70.0 Å². The second-order valence-electron chi connectivity index (χ2n) is 13.4. The van der Waals surface area contributed by atoms with Gasteiger partial charge in [0.25, 0.3) is 50.6 Å². The molecular formula is C36H27N5O16S5. The van der Waals surface area contributed by atoms with Gasteiger partial charge in [-0.25, -0.2) is 0 Å². The molecule has 0 saturated carbocycles. The number of fused-ring (bicyclic) bond motifs is 3. The zero-order valence-corrected chi connectivity index (χ0v) is 34.8. The number of phenols is 1. The lowest BCUT2D eigenvalue weighted by Crippen LogP contribution is -2.11. The molecule has 0 radical (unpaired) electrons. The summed E-state index contributed by atoms with van der Waals surface area (Å²) < 4.78 is 169. The van der Waals surface area contributed by atoms with E-state index in [1.807, 2.05) is 0 Å². The van der Waals surface area contributed by atoms with Crippen LogP contribution >= 0.6 is 0 Å². The highest BCUT2D eigenvalue weighted by molar-refractivity contribution is 7.89. The van der Waals surface area contributed by atoms with Gasteiger partial charge >= 0.3 is 0 Å². The first-order chi connectivity index (χ1) is 28.8. The van der Waals surface area contributed by atoms with Crippen LogP contribution in [0.5, 0.6) is 5.75 Å². The average Bonchev–Trinajstić information content (AvgIpc) is 3.17. The number of allylic oxidation sites excluding steroid dienone is 2. The third-order valence-corrected chi connectivity index (χ3v) is 13.7. The summed E-state index contributed by atoms with van der Waals surface area (Å²) in [6.07, 6.45) is 0.522. The number of rotatable bonds is 11. The number of nitrogens with zero attached hydrogens (tertiary/aromatic N) is 4. The van der Waals surface area contributed by atoms with Crippen molar-refractivity contribution in [1.29, 1.82) is 0 Å². The first kappa shape index (κ1) is 44.0. The van der Waals surface area contributed by atoms with Crippen LogP contribution in [0.1, 0.15) is 11.1 Å². The highest BCUT2D eigenvalue weighted by Gasteiger charge is 2.27. The third kappa shape index (κ3) is 9.23. The van der Waals surface area contributed by atoms with Crippen LogP contribution in [0.25, 0.3) is 21.5 Å². The van der Waals surface area contributed by atoms with Gasteiger partial charge in [0.1, 0.15) is 15.5 Å². The predicted molar refractivity (Wildman–Crippen MR) is 220 cm³/mol. The van der Waals surface area contributed by atoms with Gasteiger partial charge in [-0.1, -0.05) is 24.3 Å². The van der Waals surface area contributed by atoms with E-state index in [4.69, 9.17) is 0 Å². The molecule has 0 amide bonds. The quantitative estimate of drug-likeness (QED) is 0.0501. The number of nitrogens with one attached hydrogen (secondary N) is 1. The monoisotopic (exact) mass is 945 g/mol. The Labute approximate surface area is 351 Å². The minimum atomic E-state index is -5.09. The Balaban J connectivity index is 1.30.